The van der Waals surface area contributed by atoms with Crippen molar-refractivity contribution in [1.82, 2.24) is 10.2 Å². The van der Waals surface area contributed by atoms with Crippen molar-refractivity contribution in [3.05, 3.63) is 35.6 Å². The van der Waals surface area contributed by atoms with Gasteiger partial charge in [-0.25, -0.2) is 4.39 Å². The monoisotopic (exact) mass is 338 g/mol. The van der Waals surface area contributed by atoms with Crippen LogP contribution >= 0.6 is 0 Å². The lowest BCUT2D eigenvalue weighted by Crippen LogP contribution is -2.48. The van der Waals surface area contributed by atoms with E-state index in [1.807, 2.05) is 0 Å². The van der Waals surface area contributed by atoms with E-state index in [4.69, 9.17) is 5.11 Å². The SMILES string of the molecule is CC[C@]1(C(=O)O)C[C@@H](C(=O)NCCO)[C@@H](c2ccc(F)cc2)N1C. The van der Waals surface area contributed by atoms with Gasteiger partial charge in [-0.3, -0.25) is 14.5 Å². The number of halogens is 1. The molecular formula is C17H23FN2O4. The summed E-state index contributed by atoms with van der Waals surface area (Å²) in [6, 6.07) is 5.30. The Morgan fingerprint density at radius 1 is 1.38 bits per heavy atom. The number of amides is 1. The van der Waals surface area contributed by atoms with Gasteiger partial charge in [-0.15, -0.1) is 0 Å². The van der Waals surface area contributed by atoms with Crippen molar-refractivity contribution in [3.8, 4) is 0 Å². The number of carboxylic acid groups (broad SMARTS) is 1. The standard InChI is InChI=1S/C17H23FN2O4/c1-3-17(16(23)24)10-13(15(22)19-8-9-21)14(20(17)2)11-4-6-12(18)7-5-11/h4-7,13-14,21H,3,8-10H2,1-2H3,(H,19,22)(H,23,24)/t13-,14-,17-/m1/s1. The molecule has 132 valence electrons. The van der Waals surface area contributed by atoms with Crippen molar-refractivity contribution in [2.24, 2.45) is 5.92 Å². The molecule has 1 amide bonds. The molecule has 1 aliphatic rings. The van der Waals surface area contributed by atoms with Gasteiger partial charge in [-0.2, -0.15) is 0 Å². The first-order chi connectivity index (χ1) is 11.4. The summed E-state index contributed by atoms with van der Waals surface area (Å²) in [5.41, 5.74) is -0.458. The number of carbonyl (C=O) groups excluding carboxylic acids is 1. The zero-order valence-corrected chi connectivity index (χ0v) is 13.8. The predicted molar refractivity (Wildman–Crippen MR) is 85.8 cm³/mol. The number of aliphatic carboxylic acids is 1. The van der Waals surface area contributed by atoms with E-state index in [1.54, 1.807) is 31.0 Å². The maximum absolute atomic E-state index is 13.2. The molecule has 1 aromatic rings. The topological polar surface area (TPSA) is 89.9 Å². The normalized spacial score (nSPS) is 27.2. The maximum Gasteiger partial charge on any atom is 0.324 e. The number of nitrogens with one attached hydrogen (secondary N) is 1. The van der Waals surface area contributed by atoms with Crippen molar-refractivity contribution >= 4 is 11.9 Å². The summed E-state index contributed by atoms with van der Waals surface area (Å²) in [6.45, 7) is 1.70. The summed E-state index contributed by atoms with van der Waals surface area (Å²) in [5, 5.41) is 21.3. The van der Waals surface area contributed by atoms with E-state index >= 15 is 0 Å². The number of aliphatic hydroxyl groups is 1. The van der Waals surface area contributed by atoms with Crippen LogP contribution in [0.1, 0.15) is 31.4 Å². The molecule has 1 saturated heterocycles. The van der Waals surface area contributed by atoms with Crippen LogP contribution in [0.2, 0.25) is 0 Å². The number of carboxylic acids is 1. The summed E-state index contributed by atoms with van der Waals surface area (Å²) in [5.74, 6) is -2.26. The zero-order chi connectivity index (χ0) is 17.9. The Morgan fingerprint density at radius 2 is 2.00 bits per heavy atom. The molecule has 7 heteroatoms. The predicted octanol–water partition coefficient (Wildman–Crippen LogP) is 1.16. The Balaban J connectivity index is 2.43. The van der Waals surface area contributed by atoms with Gasteiger partial charge in [-0.1, -0.05) is 19.1 Å². The van der Waals surface area contributed by atoms with E-state index < -0.39 is 23.5 Å². The molecule has 24 heavy (non-hydrogen) atoms. The molecule has 1 heterocycles. The first-order valence-corrected chi connectivity index (χ1v) is 7.97. The third kappa shape index (κ3) is 3.14. The second-order valence-corrected chi connectivity index (χ2v) is 6.12. The van der Waals surface area contributed by atoms with Crippen LogP contribution < -0.4 is 5.32 Å². The fourth-order valence-electron chi connectivity index (χ4n) is 3.60. The van der Waals surface area contributed by atoms with Crippen molar-refractivity contribution in [1.29, 1.82) is 0 Å². The number of rotatable bonds is 6. The van der Waals surface area contributed by atoms with E-state index in [2.05, 4.69) is 5.32 Å². The Bertz CT molecular complexity index is 607. The van der Waals surface area contributed by atoms with Gasteiger partial charge in [0.05, 0.1) is 12.5 Å². The van der Waals surface area contributed by atoms with Gasteiger partial charge in [0.1, 0.15) is 11.4 Å². The van der Waals surface area contributed by atoms with E-state index in [-0.39, 0.29) is 31.3 Å². The average Bonchev–Trinajstić information content (AvgIpc) is 2.87. The van der Waals surface area contributed by atoms with Crippen LogP contribution in [-0.2, 0) is 9.59 Å². The van der Waals surface area contributed by atoms with Crippen molar-refractivity contribution in [2.75, 3.05) is 20.2 Å². The average molecular weight is 338 g/mol. The number of nitrogens with zero attached hydrogens (tertiary/aromatic N) is 1. The smallest absolute Gasteiger partial charge is 0.324 e. The molecule has 0 aromatic heterocycles. The Hall–Kier alpha value is -1.99. The lowest BCUT2D eigenvalue weighted by Gasteiger charge is -2.34. The molecule has 0 spiro atoms. The third-order valence-corrected chi connectivity index (χ3v) is 4.97. The largest absolute Gasteiger partial charge is 0.480 e. The number of likely N-dealkylation sites (tertiary alicyclic amines) is 1. The molecule has 0 radical (unpaired) electrons. The number of benzene rings is 1. The highest BCUT2D eigenvalue weighted by Crippen LogP contribution is 2.47. The van der Waals surface area contributed by atoms with Crippen molar-refractivity contribution in [2.45, 2.75) is 31.3 Å². The van der Waals surface area contributed by atoms with E-state index in [0.717, 1.165) is 0 Å². The number of carbonyl (C=O) groups is 2. The molecule has 3 N–H and O–H groups in total. The molecule has 1 fully saturated rings. The van der Waals surface area contributed by atoms with Crippen LogP contribution in [0.25, 0.3) is 0 Å². The van der Waals surface area contributed by atoms with Crippen LogP contribution in [0.5, 0.6) is 0 Å². The fraction of sp³-hybridized carbons (Fsp3) is 0.529. The summed E-state index contributed by atoms with van der Waals surface area (Å²) in [4.78, 5) is 26.1. The molecule has 1 aliphatic heterocycles. The van der Waals surface area contributed by atoms with E-state index in [1.165, 1.54) is 12.1 Å². The Kier molecular flexibility index (Phi) is 5.56. The van der Waals surface area contributed by atoms with Gasteiger partial charge in [0.25, 0.3) is 0 Å². The summed E-state index contributed by atoms with van der Waals surface area (Å²) in [6.07, 6.45) is 0.509. The molecular weight excluding hydrogens is 315 g/mol. The third-order valence-electron chi connectivity index (χ3n) is 4.97. The van der Waals surface area contributed by atoms with Crippen LogP contribution in [0.3, 0.4) is 0 Å². The molecule has 0 unspecified atom stereocenters. The molecule has 0 aliphatic carbocycles. The second-order valence-electron chi connectivity index (χ2n) is 6.12. The molecule has 2 rings (SSSR count). The van der Waals surface area contributed by atoms with E-state index in [9.17, 15) is 19.1 Å². The summed E-state index contributed by atoms with van der Waals surface area (Å²) < 4.78 is 13.2. The van der Waals surface area contributed by atoms with Crippen LogP contribution in [0.15, 0.2) is 24.3 Å². The first-order valence-electron chi connectivity index (χ1n) is 7.97. The van der Waals surface area contributed by atoms with Gasteiger partial charge in [0.2, 0.25) is 5.91 Å². The van der Waals surface area contributed by atoms with Gasteiger partial charge in [0.15, 0.2) is 0 Å². The van der Waals surface area contributed by atoms with Crippen LogP contribution in [0.4, 0.5) is 4.39 Å². The van der Waals surface area contributed by atoms with Crippen LogP contribution in [-0.4, -0.2) is 52.7 Å². The highest BCUT2D eigenvalue weighted by atomic mass is 19.1. The van der Waals surface area contributed by atoms with Crippen molar-refractivity contribution in [3.63, 3.8) is 0 Å². The lowest BCUT2D eigenvalue weighted by atomic mass is 9.87. The second kappa shape index (κ2) is 7.27. The van der Waals surface area contributed by atoms with Gasteiger partial charge in [0, 0.05) is 12.6 Å². The maximum atomic E-state index is 13.2. The Morgan fingerprint density at radius 3 is 2.50 bits per heavy atom. The fourth-order valence-corrected chi connectivity index (χ4v) is 3.60. The molecule has 0 saturated carbocycles. The van der Waals surface area contributed by atoms with Gasteiger partial charge >= 0.3 is 5.97 Å². The minimum Gasteiger partial charge on any atom is -0.480 e. The van der Waals surface area contributed by atoms with Crippen LogP contribution in [0, 0.1) is 11.7 Å². The molecule has 3 atom stereocenters. The Labute approximate surface area is 140 Å². The minimum atomic E-state index is -1.15. The quantitative estimate of drug-likeness (QED) is 0.724. The molecule has 0 bridgehead atoms. The number of hydrogen-bond donors (Lipinski definition) is 3. The molecule has 1 aromatic carbocycles. The number of likely N-dealkylation sites (N-methyl/N-ethyl adjacent to an activating group) is 1. The summed E-state index contributed by atoms with van der Waals surface area (Å²) >= 11 is 0. The van der Waals surface area contributed by atoms with E-state index in [0.29, 0.717) is 12.0 Å². The highest BCUT2D eigenvalue weighted by molar-refractivity contribution is 5.85. The van der Waals surface area contributed by atoms with Gasteiger partial charge < -0.3 is 15.5 Å². The first kappa shape index (κ1) is 18.4. The minimum absolute atomic E-state index is 0.112. The highest BCUT2D eigenvalue weighted by Gasteiger charge is 2.56. The number of aliphatic hydroxyl groups excluding tert-OH is 1. The van der Waals surface area contributed by atoms with Crippen molar-refractivity contribution < 1.29 is 24.2 Å². The lowest BCUT2D eigenvalue weighted by molar-refractivity contribution is -0.150. The number of hydrogen-bond acceptors (Lipinski definition) is 4. The van der Waals surface area contributed by atoms with Gasteiger partial charge in [-0.05, 0) is 37.6 Å². The molecule has 6 nitrogen and oxygen atoms in total. The zero-order valence-electron chi connectivity index (χ0n) is 13.8. The summed E-state index contributed by atoms with van der Waals surface area (Å²) in [7, 11) is 1.69.